The Balaban J connectivity index is 1.21. The number of hydrogen-bond donors (Lipinski definition) is 2. The number of halogens is 2. The van der Waals surface area contributed by atoms with Gasteiger partial charge in [0.05, 0.1) is 22.4 Å². The summed E-state index contributed by atoms with van der Waals surface area (Å²) in [7, 11) is -0.973. The van der Waals surface area contributed by atoms with Crippen LogP contribution in [-0.2, 0) is 27.2 Å². The fourth-order valence-corrected chi connectivity index (χ4v) is 5.94. The Morgan fingerprint density at radius 1 is 1.10 bits per heavy atom. The fourth-order valence-electron chi connectivity index (χ4n) is 5.42. The Labute approximate surface area is 236 Å². The molecule has 2 aliphatic rings. The number of nitrogens with zero attached hydrogens (tertiary/aromatic N) is 2. The van der Waals surface area contributed by atoms with E-state index in [1.54, 1.807) is 12.1 Å². The van der Waals surface area contributed by atoms with Crippen LogP contribution in [0.4, 0.5) is 0 Å². The SMILES string of the molecule is CC1(C)OB(O)c2cc(CNC(=O)c3ccc(C4=NOC(C)(c5cc(Cl)cc(Cl)c5)C4)n4cccc34)ccc21. The van der Waals surface area contributed by atoms with Gasteiger partial charge in [-0.2, -0.15) is 0 Å². The third-order valence-electron chi connectivity index (χ3n) is 7.46. The summed E-state index contributed by atoms with van der Waals surface area (Å²) in [6, 6.07) is 18.6. The van der Waals surface area contributed by atoms with Crippen LogP contribution in [0.1, 0.15) is 59.9 Å². The second kappa shape index (κ2) is 9.42. The van der Waals surface area contributed by atoms with Crippen molar-refractivity contribution >= 4 is 52.9 Å². The Kier molecular flexibility index (Phi) is 6.27. The van der Waals surface area contributed by atoms with E-state index in [9.17, 15) is 9.82 Å². The predicted molar refractivity (Wildman–Crippen MR) is 153 cm³/mol. The molecular weight excluding hydrogens is 536 g/mol. The zero-order chi connectivity index (χ0) is 27.5. The molecule has 0 saturated heterocycles. The lowest BCUT2D eigenvalue weighted by Crippen LogP contribution is -2.30. The molecule has 0 spiro atoms. The number of amides is 1. The van der Waals surface area contributed by atoms with Crippen LogP contribution in [0.3, 0.4) is 0 Å². The zero-order valence-corrected chi connectivity index (χ0v) is 23.2. The summed E-state index contributed by atoms with van der Waals surface area (Å²) in [5, 5.41) is 18.8. The van der Waals surface area contributed by atoms with Gasteiger partial charge in [-0.1, -0.05) is 46.6 Å². The largest absolute Gasteiger partial charge is 0.492 e. The monoisotopic (exact) mass is 561 g/mol. The van der Waals surface area contributed by atoms with Crippen molar-refractivity contribution in [2.45, 2.75) is 44.9 Å². The molecule has 0 fully saturated rings. The minimum atomic E-state index is -0.973. The van der Waals surface area contributed by atoms with E-state index < -0.39 is 18.3 Å². The summed E-state index contributed by atoms with van der Waals surface area (Å²) in [6.45, 7) is 6.11. The van der Waals surface area contributed by atoms with Crippen molar-refractivity contribution in [1.82, 2.24) is 9.72 Å². The van der Waals surface area contributed by atoms with E-state index in [1.807, 2.05) is 79.9 Å². The lowest BCUT2D eigenvalue weighted by molar-refractivity contribution is -0.00737. The molecule has 7 nitrogen and oxygen atoms in total. The minimum Gasteiger partial charge on any atom is -0.423 e. The summed E-state index contributed by atoms with van der Waals surface area (Å²) in [5.41, 5.74) is 5.01. The maximum absolute atomic E-state index is 13.2. The van der Waals surface area contributed by atoms with E-state index in [4.69, 9.17) is 32.7 Å². The highest BCUT2D eigenvalue weighted by Gasteiger charge is 2.40. The van der Waals surface area contributed by atoms with Crippen LogP contribution in [-0.4, -0.2) is 28.2 Å². The number of fused-ring (bicyclic) bond motifs is 2. The van der Waals surface area contributed by atoms with Gasteiger partial charge < -0.3 is 24.2 Å². The molecule has 198 valence electrons. The zero-order valence-electron chi connectivity index (χ0n) is 21.7. The second-order valence-corrected chi connectivity index (χ2v) is 11.5. The molecule has 4 heterocycles. The van der Waals surface area contributed by atoms with Crippen molar-refractivity contribution in [3.05, 3.63) is 105 Å². The van der Waals surface area contributed by atoms with Gasteiger partial charge in [0.2, 0.25) is 0 Å². The number of hydrogen-bond acceptors (Lipinski definition) is 5. The molecule has 0 aliphatic carbocycles. The van der Waals surface area contributed by atoms with Gasteiger partial charge in [0.1, 0.15) is 5.71 Å². The summed E-state index contributed by atoms with van der Waals surface area (Å²) < 4.78 is 7.59. The van der Waals surface area contributed by atoms with Crippen molar-refractivity contribution in [3.63, 3.8) is 0 Å². The third kappa shape index (κ3) is 4.61. The molecule has 2 aromatic carbocycles. The quantitative estimate of drug-likeness (QED) is 0.329. The first-order chi connectivity index (χ1) is 18.5. The van der Waals surface area contributed by atoms with Gasteiger partial charge in [-0.25, -0.2) is 0 Å². The minimum absolute atomic E-state index is 0.203. The molecule has 1 atom stereocenters. The highest BCUT2D eigenvalue weighted by atomic mass is 35.5. The standard InChI is InChI=1S/C29H26BCl2N3O4/c1-28(2)22-8-6-17(11-23(22)30(37)38-28)16-33-27(36)21-7-9-26(35-10-4-5-25(21)35)24-15-29(3,39-34-24)18-12-19(31)14-20(32)13-18/h4-14,37H,15-16H2,1-3H3,(H,33,36). The smallest absolute Gasteiger partial charge is 0.423 e. The topological polar surface area (TPSA) is 84.6 Å². The molecule has 1 unspecified atom stereocenters. The van der Waals surface area contributed by atoms with Gasteiger partial charge in [-0.3, -0.25) is 4.79 Å². The van der Waals surface area contributed by atoms with Crippen LogP contribution in [0, 0.1) is 0 Å². The average molecular weight is 562 g/mol. The molecule has 2 aromatic heterocycles. The molecule has 0 saturated carbocycles. The number of nitrogens with one attached hydrogen (secondary N) is 1. The first-order valence-corrected chi connectivity index (χ1v) is 13.4. The van der Waals surface area contributed by atoms with Crippen molar-refractivity contribution in [2.24, 2.45) is 5.16 Å². The Bertz CT molecular complexity index is 1650. The Morgan fingerprint density at radius 2 is 1.87 bits per heavy atom. The van der Waals surface area contributed by atoms with E-state index in [2.05, 4.69) is 10.5 Å². The number of aromatic nitrogens is 1. The van der Waals surface area contributed by atoms with Crippen LogP contribution in [0.2, 0.25) is 10.0 Å². The summed E-state index contributed by atoms with van der Waals surface area (Å²) in [4.78, 5) is 19.1. The molecule has 39 heavy (non-hydrogen) atoms. The van der Waals surface area contributed by atoms with Crippen LogP contribution >= 0.6 is 23.2 Å². The highest BCUT2D eigenvalue weighted by molar-refractivity contribution is 6.62. The van der Waals surface area contributed by atoms with Gasteiger partial charge in [0, 0.05) is 34.8 Å². The van der Waals surface area contributed by atoms with Crippen molar-refractivity contribution in [1.29, 1.82) is 0 Å². The molecule has 10 heteroatoms. The summed E-state index contributed by atoms with van der Waals surface area (Å²) in [5.74, 6) is -0.203. The van der Waals surface area contributed by atoms with Crippen molar-refractivity contribution in [3.8, 4) is 0 Å². The number of rotatable bonds is 5. The Hall–Kier alpha value is -3.30. The van der Waals surface area contributed by atoms with E-state index in [0.29, 0.717) is 28.6 Å². The molecule has 0 radical (unpaired) electrons. The van der Waals surface area contributed by atoms with Crippen molar-refractivity contribution in [2.75, 3.05) is 0 Å². The molecule has 2 aliphatic heterocycles. The molecule has 4 aromatic rings. The van der Waals surface area contributed by atoms with Gasteiger partial charge in [-0.05, 0) is 79.8 Å². The predicted octanol–water partition coefficient (Wildman–Crippen LogP) is 5.17. The average Bonchev–Trinajstić information content (AvgIpc) is 3.58. The maximum Gasteiger partial charge on any atom is 0.492 e. The van der Waals surface area contributed by atoms with Gasteiger partial charge in [0.15, 0.2) is 5.60 Å². The highest BCUT2D eigenvalue weighted by Crippen LogP contribution is 2.38. The summed E-state index contributed by atoms with van der Waals surface area (Å²) in [6.07, 6.45) is 2.41. The van der Waals surface area contributed by atoms with Gasteiger partial charge in [0.25, 0.3) is 5.91 Å². The van der Waals surface area contributed by atoms with Crippen molar-refractivity contribution < 1.29 is 19.3 Å². The first kappa shape index (κ1) is 26.0. The Morgan fingerprint density at radius 3 is 2.64 bits per heavy atom. The maximum atomic E-state index is 13.2. The van der Waals surface area contributed by atoms with E-state index in [0.717, 1.165) is 39.1 Å². The van der Waals surface area contributed by atoms with E-state index in [1.165, 1.54) is 0 Å². The second-order valence-electron chi connectivity index (χ2n) is 10.7. The fraction of sp³-hybridized carbons (Fsp3) is 0.241. The third-order valence-corrected chi connectivity index (χ3v) is 7.89. The molecule has 0 bridgehead atoms. The van der Waals surface area contributed by atoms with Gasteiger partial charge >= 0.3 is 7.12 Å². The van der Waals surface area contributed by atoms with Crippen LogP contribution in [0.25, 0.3) is 5.52 Å². The first-order valence-electron chi connectivity index (χ1n) is 12.6. The lowest BCUT2D eigenvalue weighted by Gasteiger charge is -2.22. The van der Waals surface area contributed by atoms with Crippen LogP contribution in [0.15, 0.2) is 72.0 Å². The van der Waals surface area contributed by atoms with Crippen LogP contribution in [0.5, 0.6) is 0 Å². The normalized spacial score (nSPS) is 19.6. The van der Waals surface area contributed by atoms with Gasteiger partial charge in [-0.15, -0.1) is 0 Å². The molecule has 6 rings (SSSR count). The number of benzene rings is 2. The van der Waals surface area contributed by atoms with E-state index >= 15 is 0 Å². The lowest BCUT2D eigenvalue weighted by atomic mass is 9.77. The number of oxime groups is 1. The number of carbonyl (C=O) groups excluding carboxylic acids is 1. The summed E-state index contributed by atoms with van der Waals surface area (Å²) >= 11 is 12.5. The molecular formula is C29H26BCl2N3O4. The molecule has 1 amide bonds. The van der Waals surface area contributed by atoms with E-state index in [-0.39, 0.29) is 5.91 Å². The van der Waals surface area contributed by atoms with Crippen LogP contribution < -0.4 is 10.8 Å². The number of pyridine rings is 1. The number of carbonyl (C=O) groups is 1. The molecule has 2 N–H and O–H groups in total.